The fraction of sp³-hybridized carbons (Fsp3) is 0.619. The molecule has 146 valence electrons. The summed E-state index contributed by atoms with van der Waals surface area (Å²) >= 11 is 0. The number of carbonyl (C=O) groups is 2. The number of ketones is 1. The molecule has 2 N–H and O–H groups in total. The maximum Gasteiger partial charge on any atom is 0.303 e. The molecular weight excluding hydrogens is 332 g/mol. The summed E-state index contributed by atoms with van der Waals surface area (Å²) in [6.07, 6.45) is 12.5. The van der Waals surface area contributed by atoms with Gasteiger partial charge < -0.3 is 14.9 Å². The highest BCUT2D eigenvalue weighted by Crippen LogP contribution is 2.29. The van der Waals surface area contributed by atoms with Gasteiger partial charge in [-0.05, 0) is 32.3 Å². The van der Waals surface area contributed by atoms with Gasteiger partial charge >= 0.3 is 5.97 Å². The van der Waals surface area contributed by atoms with E-state index >= 15 is 0 Å². The van der Waals surface area contributed by atoms with Crippen LogP contribution < -0.4 is 0 Å². The second kappa shape index (κ2) is 11.1. The highest BCUT2D eigenvalue weighted by molar-refractivity contribution is 5.95. The van der Waals surface area contributed by atoms with Crippen LogP contribution in [-0.4, -0.2) is 41.3 Å². The van der Waals surface area contributed by atoms with E-state index in [9.17, 15) is 14.7 Å². The molecular formula is C21H32O5. The summed E-state index contributed by atoms with van der Waals surface area (Å²) in [5.74, 6) is -0.865. The van der Waals surface area contributed by atoms with Crippen LogP contribution in [0.25, 0.3) is 0 Å². The number of ether oxygens (including phenoxy) is 1. The van der Waals surface area contributed by atoms with Crippen molar-refractivity contribution < 1.29 is 24.5 Å². The summed E-state index contributed by atoms with van der Waals surface area (Å²) in [5.41, 5.74) is -0.390. The Balaban J connectivity index is 2.54. The third kappa shape index (κ3) is 7.67. The van der Waals surface area contributed by atoms with E-state index in [4.69, 9.17) is 9.84 Å². The van der Waals surface area contributed by atoms with Crippen molar-refractivity contribution in [1.82, 2.24) is 0 Å². The Bertz CT molecular complexity index is 545. The monoisotopic (exact) mass is 364 g/mol. The maximum absolute atomic E-state index is 12.1. The summed E-state index contributed by atoms with van der Waals surface area (Å²) < 4.78 is 5.42. The number of allylic oxidation sites excluding steroid dienone is 5. The molecule has 1 aliphatic carbocycles. The third-order valence-electron chi connectivity index (χ3n) is 4.63. The van der Waals surface area contributed by atoms with Crippen molar-refractivity contribution in [1.29, 1.82) is 0 Å². The standard InChI is InChI=1S/C21H32O5/c1-4-26-15-21(2,3)19(23)14-12-16-11-13-18(22)17(16)9-7-5-6-8-10-20(24)25/h5,7,11-14,16-17,19,23H,4,6,8-10,15H2,1-3H3,(H,24,25)/b7-5+,14-12+/t16-,17-,19-/m1/s1. The van der Waals surface area contributed by atoms with Gasteiger partial charge in [-0.3, -0.25) is 9.59 Å². The Morgan fingerprint density at radius 1 is 1.38 bits per heavy atom. The minimum absolute atomic E-state index is 0.0243. The molecule has 5 nitrogen and oxygen atoms in total. The molecule has 1 rings (SSSR count). The highest BCUT2D eigenvalue weighted by atomic mass is 16.5. The number of aliphatic hydroxyl groups excluding tert-OH is 1. The average molecular weight is 364 g/mol. The molecule has 0 aromatic rings. The quantitative estimate of drug-likeness (QED) is 0.409. The van der Waals surface area contributed by atoms with Crippen molar-refractivity contribution in [2.24, 2.45) is 17.3 Å². The van der Waals surface area contributed by atoms with Gasteiger partial charge in [-0.1, -0.05) is 44.2 Å². The smallest absolute Gasteiger partial charge is 0.303 e. The van der Waals surface area contributed by atoms with E-state index in [1.54, 1.807) is 12.2 Å². The lowest BCUT2D eigenvalue weighted by atomic mass is 9.85. The van der Waals surface area contributed by atoms with Crippen LogP contribution in [0.4, 0.5) is 0 Å². The summed E-state index contributed by atoms with van der Waals surface area (Å²) in [6.45, 7) is 6.90. The van der Waals surface area contributed by atoms with Gasteiger partial charge in [0.2, 0.25) is 0 Å². The number of hydrogen-bond donors (Lipinski definition) is 2. The lowest BCUT2D eigenvalue weighted by molar-refractivity contribution is -0.137. The van der Waals surface area contributed by atoms with Gasteiger partial charge in [-0.2, -0.15) is 0 Å². The predicted octanol–water partition coefficient (Wildman–Crippen LogP) is 3.54. The molecule has 0 saturated heterocycles. The molecule has 0 radical (unpaired) electrons. The molecule has 0 saturated carbocycles. The molecule has 0 bridgehead atoms. The molecule has 0 aliphatic heterocycles. The van der Waals surface area contributed by atoms with Crippen molar-refractivity contribution in [3.8, 4) is 0 Å². The van der Waals surface area contributed by atoms with Crippen molar-refractivity contribution in [3.05, 3.63) is 36.5 Å². The van der Waals surface area contributed by atoms with Crippen LogP contribution in [0.1, 0.15) is 46.5 Å². The second-order valence-corrected chi connectivity index (χ2v) is 7.39. The molecule has 5 heteroatoms. The zero-order valence-corrected chi connectivity index (χ0v) is 16.1. The molecule has 0 fully saturated rings. The van der Waals surface area contributed by atoms with E-state index in [1.807, 2.05) is 45.1 Å². The van der Waals surface area contributed by atoms with E-state index < -0.39 is 17.5 Å². The highest BCUT2D eigenvalue weighted by Gasteiger charge is 2.29. The first-order valence-electron chi connectivity index (χ1n) is 9.31. The Morgan fingerprint density at radius 2 is 2.12 bits per heavy atom. The third-order valence-corrected chi connectivity index (χ3v) is 4.63. The minimum Gasteiger partial charge on any atom is -0.481 e. The molecule has 0 aromatic heterocycles. The zero-order valence-electron chi connectivity index (χ0n) is 16.1. The van der Waals surface area contributed by atoms with E-state index in [1.165, 1.54) is 0 Å². The fourth-order valence-electron chi connectivity index (χ4n) is 2.80. The number of carbonyl (C=O) groups excluding carboxylic acids is 1. The summed E-state index contributed by atoms with van der Waals surface area (Å²) in [4.78, 5) is 22.5. The Kier molecular flexibility index (Phi) is 9.52. The van der Waals surface area contributed by atoms with E-state index in [-0.39, 0.29) is 24.0 Å². The van der Waals surface area contributed by atoms with Gasteiger partial charge in [-0.25, -0.2) is 0 Å². The van der Waals surface area contributed by atoms with Gasteiger partial charge in [0, 0.05) is 30.3 Å². The zero-order chi connectivity index (χ0) is 19.6. The Morgan fingerprint density at radius 3 is 2.77 bits per heavy atom. The van der Waals surface area contributed by atoms with Crippen LogP contribution in [0.15, 0.2) is 36.5 Å². The van der Waals surface area contributed by atoms with Crippen LogP contribution in [0.2, 0.25) is 0 Å². The number of unbranched alkanes of at least 4 members (excludes halogenated alkanes) is 1. The van der Waals surface area contributed by atoms with Gasteiger partial charge in [0.05, 0.1) is 12.7 Å². The van der Waals surface area contributed by atoms with Crippen LogP contribution >= 0.6 is 0 Å². The number of aliphatic carboxylic acids is 1. The normalized spacial score (nSPS) is 21.9. The Hall–Kier alpha value is -1.72. The van der Waals surface area contributed by atoms with Gasteiger partial charge in [0.15, 0.2) is 5.78 Å². The first kappa shape index (κ1) is 22.3. The maximum atomic E-state index is 12.1. The summed E-state index contributed by atoms with van der Waals surface area (Å²) in [7, 11) is 0. The van der Waals surface area contributed by atoms with Crippen molar-refractivity contribution in [3.63, 3.8) is 0 Å². The number of carboxylic acids is 1. The average Bonchev–Trinajstić information content (AvgIpc) is 2.93. The topological polar surface area (TPSA) is 83.8 Å². The SMILES string of the molecule is CCOCC(C)(C)[C@H](O)/C=C/[C@H]1C=CC(=O)[C@@H]1C/C=C/CCCC(=O)O. The molecule has 0 spiro atoms. The number of aliphatic hydroxyl groups is 1. The van der Waals surface area contributed by atoms with Gasteiger partial charge in [-0.15, -0.1) is 0 Å². The summed E-state index contributed by atoms with van der Waals surface area (Å²) in [5, 5.41) is 19.0. The predicted molar refractivity (Wildman–Crippen MR) is 102 cm³/mol. The van der Waals surface area contributed by atoms with Crippen LogP contribution in [0.5, 0.6) is 0 Å². The van der Waals surface area contributed by atoms with Crippen LogP contribution in [0, 0.1) is 17.3 Å². The Labute approximate surface area is 156 Å². The second-order valence-electron chi connectivity index (χ2n) is 7.39. The minimum atomic E-state index is -0.787. The van der Waals surface area contributed by atoms with Crippen molar-refractivity contribution >= 4 is 11.8 Å². The molecule has 0 amide bonds. The van der Waals surface area contributed by atoms with Crippen LogP contribution in [-0.2, 0) is 14.3 Å². The van der Waals surface area contributed by atoms with Crippen molar-refractivity contribution in [2.75, 3.05) is 13.2 Å². The first-order valence-corrected chi connectivity index (χ1v) is 9.31. The molecule has 0 aromatic carbocycles. The van der Waals surface area contributed by atoms with Crippen molar-refractivity contribution in [2.45, 2.75) is 52.6 Å². The number of carboxylic acid groups (broad SMARTS) is 1. The lowest BCUT2D eigenvalue weighted by Crippen LogP contribution is -2.32. The van der Waals surface area contributed by atoms with E-state index in [2.05, 4.69) is 0 Å². The summed E-state index contributed by atoms with van der Waals surface area (Å²) in [6, 6.07) is 0. The number of hydrogen-bond acceptors (Lipinski definition) is 4. The molecule has 0 heterocycles. The fourth-order valence-corrected chi connectivity index (χ4v) is 2.80. The van der Waals surface area contributed by atoms with Gasteiger partial charge in [0.1, 0.15) is 0 Å². The molecule has 3 atom stereocenters. The lowest BCUT2D eigenvalue weighted by Gasteiger charge is -2.28. The van der Waals surface area contributed by atoms with Crippen LogP contribution in [0.3, 0.4) is 0 Å². The number of rotatable bonds is 12. The van der Waals surface area contributed by atoms with E-state index in [0.717, 1.165) is 0 Å². The molecule has 26 heavy (non-hydrogen) atoms. The molecule has 1 aliphatic rings. The largest absolute Gasteiger partial charge is 0.481 e. The van der Waals surface area contributed by atoms with E-state index in [0.29, 0.717) is 32.5 Å². The van der Waals surface area contributed by atoms with Gasteiger partial charge in [0.25, 0.3) is 0 Å². The first-order chi connectivity index (χ1) is 12.3. The molecule has 0 unspecified atom stereocenters.